The Bertz CT molecular complexity index is 105. The first kappa shape index (κ1) is 11.1. The fourth-order valence-corrected chi connectivity index (χ4v) is 1.25. The van der Waals surface area contributed by atoms with Gasteiger partial charge in [-0.05, 0) is 32.4 Å². The van der Waals surface area contributed by atoms with Crippen molar-refractivity contribution in [2.24, 2.45) is 0 Å². The fraction of sp³-hybridized carbons (Fsp3) is 1.00. The molecule has 1 fully saturated rings. The fourth-order valence-electron chi connectivity index (χ4n) is 1.25. The van der Waals surface area contributed by atoms with Crippen LogP contribution >= 0.6 is 12.4 Å². The van der Waals surface area contributed by atoms with Gasteiger partial charge < -0.3 is 10.4 Å². The summed E-state index contributed by atoms with van der Waals surface area (Å²) in [5.41, 5.74) is -1.30. The summed E-state index contributed by atoms with van der Waals surface area (Å²) < 4.78 is 13.3. The van der Waals surface area contributed by atoms with Crippen LogP contribution in [-0.4, -0.2) is 30.5 Å². The molecule has 0 bridgehead atoms. The van der Waals surface area contributed by atoms with Crippen molar-refractivity contribution < 1.29 is 9.50 Å². The number of aliphatic hydroxyl groups is 1. The first-order valence-electron chi connectivity index (χ1n) is 3.77. The van der Waals surface area contributed by atoms with Crippen LogP contribution in [-0.2, 0) is 0 Å². The molecule has 0 aromatic heterocycles. The largest absolute Gasteiger partial charge is 0.393 e. The molecule has 0 aliphatic carbocycles. The molecule has 1 aliphatic heterocycles. The van der Waals surface area contributed by atoms with E-state index in [1.165, 1.54) is 0 Å². The molecular weight excluding hydrogens is 169 g/mol. The summed E-state index contributed by atoms with van der Waals surface area (Å²) in [7, 11) is 0. The minimum Gasteiger partial charge on any atom is -0.393 e. The van der Waals surface area contributed by atoms with Gasteiger partial charge in [-0.2, -0.15) is 0 Å². The van der Waals surface area contributed by atoms with Crippen LogP contribution in [0.15, 0.2) is 0 Å². The molecule has 1 atom stereocenters. The van der Waals surface area contributed by atoms with Crippen molar-refractivity contribution in [3.05, 3.63) is 0 Å². The lowest BCUT2D eigenvalue weighted by molar-refractivity contribution is 0.0596. The molecule has 1 aliphatic rings. The van der Waals surface area contributed by atoms with Gasteiger partial charge in [0.05, 0.1) is 6.61 Å². The zero-order valence-corrected chi connectivity index (χ0v) is 7.29. The van der Waals surface area contributed by atoms with Crippen molar-refractivity contribution in [3.8, 4) is 0 Å². The van der Waals surface area contributed by atoms with E-state index >= 15 is 0 Å². The average molecular weight is 184 g/mol. The first-order chi connectivity index (χ1) is 4.77. The minimum atomic E-state index is -1.30. The zero-order valence-electron chi connectivity index (χ0n) is 6.48. The van der Waals surface area contributed by atoms with Crippen molar-refractivity contribution >= 4 is 12.4 Å². The van der Waals surface area contributed by atoms with Crippen LogP contribution in [0.1, 0.15) is 19.3 Å². The normalized spacial score (nSPS) is 32.2. The van der Waals surface area contributed by atoms with E-state index < -0.39 is 5.67 Å². The van der Waals surface area contributed by atoms with E-state index in [1.54, 1.807) is 0 Å². The van der Waals surface area contributed by atoms with Gasteiger partial charge in [-0.3, -0.25) is 0 Å². The Kier molecular flexibility index (Phi) is 4.97. The van der Waals surface area contributed by atoms with Gasteiger partial charge in [0, 0.05) is 0 Å². The predicted molar refractivity (Wildman–Crippen MR) is 44.9 cm³/mol. The number of hydrogen-bond donors (Lipinski definition) is 2. The maximum Gasteiger partial charge on any atom is 0.135 e. The number of nitrogens with one attached hydrogen (secondary N) is 1. The minimum absolute atomic E-state index is 0. The van der Waals surface area contributed by atoms with Crippen molar-refractivity contribution in [2.75, 3.05) is 19.7 Å². The summed E-state index contributed by atoms with van der Waals surface area (Å²) in [4.78, 5) is 0. The molecule has 2 N–H and O–H groups in total. The Morgan fingerprint density at radius 2 is 2.09 bits per heavy atom. The average Bonchev–Trinajstić information content (AvgIpc) is 2.15. The molecule has 1 rings (SSSR count). The highest BCUT2D eigenvalue weighted by molar-refractivity contribution is 5.85. The van der Waals surface area contributed by atoms with Crippen molar-refractivity contribution in [2.45, 2.75) is 24.9 Å². The monoisotopic (exact) mass is 183 g/mol. The number of rotatable bonds is 1. The van der Waals surface area contributed by atoms with Gasteiger partial charge in [-0.1, -0.05) is 0 Å². The summed E-state index contributed by atoms with van der Waals surface area (Å²) in [5, 5.41) is 11.8. The summed E-state index contributed by atoms with van der Waals surface area (Å²) in [5.74, 6) is 0. The number of hydrogen-bond acceptors (Lipinski definition) is 2. The predicted octanol–water partition coefficient (Wildman–Crippen LogP) is 0.882. The summed E-state index contributed by atoms with van der Waals surface area (Å²) in [6, 6.07) is 0. The number of alkyl halides is 1. The maximum atomic E-state index is 13.3. The van der Waals surface area contributed by atoms with Crippen molar-refractivity contribution in [1.29, 1.82) is 0 Å². The standard InChI is InChI=1S/C7H14FNO.ClH/c8-7(6-10)2-1-4-9-5-3-7;/h9-10H,1-6H2;1H. The van der Waals surface area contributed by atoms with Crippen molar-refractivity contribution in [1.82, 2.24) is 5.32 Å². The Hall–Kier alpha value is 0.140. The van der Waals surface area contributed by atoms with Gasteiger partial charge in [-0.15, -0.1) is 12.4 Å². The Balaban J connectivity index is 0.000001000. The third-order valence-corrected chi connectivity index (χ3v) is 2.01. The summed E-state index contributed by atoms with van der Waals surface area (Å²) >= 11 is 0. The molecule has 0 aromatic rings. The van der Waals surface area contributed by atoms with E-state index in [1.807, 2.05) is 0 Å². The van der Waals surface area contributed by atoms with E-state index in [2.05, 4.69) is 5.32 Å². The second-order valence-electron chi connectivity index (χ2n) is 2.91. The van der Waals surface area contributed by atoms with Gasteiger partial charge in [0.15, 0.2) is 0 Å². The van der Waals surface area contributed by atoms with Gasteiger partial charge in [-0.25, -0.2) is 4.39 Å². The Morgan fingerprint density at radius 1 is 1.36 bits per heavy atom. The molecule has 0 aromatic carbocycles. The smallest absolute Gasteiger partial charge is 0.135 e. The Labute approximate surface area is 72.6 Å². The van der Waals surface area contributed by atoms with Crippen LogP contribution in [0.4, 0.5) is 4.39 Å². The van der Waals surface area contributed by atoms with Crippen LogP contribution in [0.2, 0.25) is 0 Å². The molecule has 1 unspecified atom stereocenters. The molecule has 0 saturated carbocycles. The SMILES string of the molecule is Cl.OCC1(F)CCCNCC1. The highest BCUT2D eigenvalue weighted by atomic mass is 35.5. The van der Waals surface area contributed by atoms with E-state index in [9.17, 15) is 4.39 Å². The van der Waals surface area contributed by atoms with E-state index in [0.29, 0.717) is 19.4 Å². The molecule has 2 nitrogen and oxygen atoms in total. The van der Waals surface area contributed by atoms with Gasteiger partial charge in [0.1, 0.15) is 5.67 Å². The van der Waals surface area contributed by atoms with Gasteiger partial charge in [0.2, 0.25) is 0 Å². The molecule has 0 spiro atoms. The van der Waals surface area contributed by atoms with Crippen LogP contribution in [0.5, 0.6) is 0 Å². The zero-order chi connectivity index (χ0) is 7.45. The molecule has 1 heterocycles. The number of halogens is 2. The Morgan fingerprint density at radius 3 is 2.73 bits per heavy atom. The lowest BCUT2D eigenvalue weighted by atomic mass is 9.98. The summed E-state index contributed by atoms with van der Waals surface area (Å²) in [6.45, 7) is 1.25. The lowest BCUT2D eigenvalue weighted by Gasteiger charge is -2.19. The quantitative estimate of drug-likeness (QED) is 0.633. The molecule has 68 valence electrons. The summed E-state index contributed by atoms with van der Waals surface area (Å²) in [6.07, 6.45) is 1.77. The highest BCUT2D eigenvalue weighted by Gasteiger charge is 2.28. The van der Waals surface area contributed by atoms with Crippen LogP contribution < -0.4 is 5.32 Å². The first-order valence-corrected chi connectivity index (χ1v) is 3.77. The van der Waals surface area contributed by atoms with Crippen LogP contribution in [0, 0.1) is 0 Å². The van der Waals surface area contributed by atoms with E-state index in [0.717, 1.165) is 13.0 Å². The van der Waals surface area contributed by atoms with E-state index in [-0.39, 0.29) is 19.0 Å². The lowest BCUT2D eigenvalue weighted by Crippen LogP contribution is -2.28. The molecule has 1 saturated heterocycles. The highest BCUT2D eigenvalue weighted by Crippen LogP contribution is 2.22. The second kappa shape index (κ2) is 4.91. The number of aliphatic hydroxyl groups excluding tert-OH is 1. The maximum absolute atomic E-state index is 13.3. The third-order valence-electron chi connectivity index (χ3n) is 2.01. The molecule has 0 amide bonds. The molecular formula is C7H15ClFNO. The topological polar surface area (TPSA) is 32.3 Å². The third kappa shape index (κ3) is 3.36. The molecule has 4 heteroatoms. The second-order valence-corrected chi connectivity index (χ2v) is 2.91. The van der Waals surface area contributed by atoms with Gasteiger partial charge in [0.25, 0.3) is 0 Å². The molecule has 11 heavy (non-hydrogen) atoms. The van der Waals surface area contributed by atoms with E-state index in [4.69, 9.17) is 5.11 Å². The molecule has 0 radical (unpaired) electrons. The van der Waals surface area contributed by atoms with Crippen molar-refractivity contribution in [3.63, 3.8) is 0 Å². The van der Waals surface area contributed by atoms with Gasteiger partial charge >= 0.3 is 0 Å². The van der Waals surface area contributed by atoms with Crippen LogP contribution in [0.3, 0.4) is 0 Å². The van der Waals surface area contributed by atoms with Crippen LogP contribution in [0.25, 0.3) is 0 Å².